The average molecular weight is 299 g/mol. The first-order chi connectivity index (χ1) is 10.2. The van der Waals surface area contributed by atoms with E-state index in [9.17, 15) is 9.59 Å². The van der Waals surface area contributed by atoms with Crippen molar-refractivity contribution in [3.05, 3.63) is 57.3 Å². The molecular weight excluding hydrogens is 282 g/mol. The highest BCUT2D eigenvalue weighted by molar-refractivity contribution is 7.12. The Morgan fingerprint density at radius 1 is 1.33 bits per heavy atom. The molecule has 2 heterocycles. The summed E-state index contributed by atoms with van der Waals surface area (Å²) in [5.74, 6) is 0.0206. The lowest BCUT2D eigenvalue weighted by Gasteiger charge is -2.24. The highest BCUT2D eigenvalue weighted by atomic mass is 32.1. The van der Waals surface area contributed by atoms with Crippen LogP contribution in [0.4, 0.5) is 0 Å². The van der Waals surface area contributed by atoms with Crippen LogP contribution in [0.5, 0.6) is 0 Å². The van der Waals surface area contributed by atoms with Gasteiger partial charge in [0.25, 0.3) is 5.91 Å². The predicted octanol–water partition coefficient (Wildman–Crippen LogP) is 3.85. The second-order valence-corrected chi connectivity index (χ2v) is 6.67. The highest BCUT2D eigenvalue weighted by Crippen LogP contribution is 2.36. The number of amides is 1. The second-order valence-electron chi connectivity index (χ2n) is 5.35. The van der Waals surface area contributed by atoms with Crippen molar-refractivity contribution in [2.45, 2.75) is 25.8 Å². The third-order valence-corrected chi connectivity index (χ3v) is 4.97. The van der Waals surface area contributed by atoms with E-state index < -0.39 is 0 Å². The first-order valence-electron chi connectivity index (χ1n) is 7.11. The van der Waals surface area contributed by atoms with Crippen molar-refractivity contribution in [3.63, 3.8) is 0 Å². The summed E-state index contributed by atoms with van der Waals surface area (Å²) in [5.41, 5.74) is 1.14. The number of carbonyl (C=O) groups is 2. The van der Waals surface area contributed by atoms with Gasteiger partial charge in [0.05, 0.1) is 6.04 Å². The third-order valence-electron chi connectivity index (χ3n) is 3.87. The van der Waals surface area contributed by atoms with E-state index in [1.807, 2.05) is 4.90 Å². The smallest absolute Gasteiger partial charge is 0.254 e. The summed E-state index contributed by atoms with van der Waals surface area (Å²) in [6, 6.07) is 11.3. The van der Waals surface area contributed by atoms with Gasteiger partial charge in [-0.15, -0.1) is 11.3 Å². The van der Waals surface area contributed by atoms with Crippen molar-refractivity contribution in [1.29, 1.82) is 0 Å². The van der Waals surface area contributed by atoms with Gasteiger partial charge in [-0.3, -0.25) is 9.59 Å². The molecule has 1 saturated heterocycles. The number of likely N-dealkylation sites (tertiary alicyclic amines) is 1. The maximum atomic E-state index is 12.7. The molecule has 1 aliphatic heterocycles. The molecule has 1 unspecified atom stereocenters. The molecule has 3 nitrogen and oxygen atoms in total. The molecule has 2 aromatic rings. The zero-order valence-electron chi connectivity index (χ0n) is 11.9. The van der Waals surface area contributed by atoms with E-state index in [2.05, 4.69) is 19.1 Å². The van der Waals surface area contributed by atoms with E-state index in [0.29, 0.717) is 11.1 Å². The molecule has 1 aliphatic rings. The first-order valence-corrected chi connectivity index (χ1v) is 7.93. The van der Waals surface area contributed by atoms with Gasteiger partial charge in [0.15, 0.2) is 0 Å². The Hall–Kier alpha value is -1.94. The molecule has 0 radical (unpaired) electrons. The summed E-state index contributed by atoms with van der Waals surface area (Å²) in [6.07, 6.45) is 2.82. The van der Waals surface area contributed by atoms with Crippen molar-refractivity contribution < 1.29 is 9.59 Å². The minimum Gasteiger partial charge on any atom is -0.331 e. The Labute approximate surface area is 128 Å². The van der Waals surface area contributed by atoms with Crippen LogP contribution < -0.4 is 0 Å². The largest absolute Gasteiger partial charge is 0.331 e. The zero-order chi connectivity index (χ0) is 14.8. The number of benzene rings is 1. The van der Waals surface area contributed by atoms with Gasteiger partial charge in [-0.2, -0.15) is 0 Å². The van der Waals surface area contributed by atoms with E-state index >= 15 is 0 Å². The van der Waals surface area contributed by atoms with Gasteiger partial charge in [-0.25, -0.2) is 0 Å². The fraction of sp³-hybridized carbons (Fsp3) is 0.294. The topological polar surface area (TPSA) is 37.4 Å². The number of hydrogen-bond acceptors (Lipinski definition) is 3. The summed E-state index contributed by atoms with van der Waals surface area (Å²) in [5, 5.41) is 0. The van der Waals surface area contributed by atoms with Crippen molar-refractivity contribution in [1.82, 2.24) is 4.90 Å². The lowest BCUT2D eigenvalue weighted by atomic mass is 10.1. The van der Waals surface area contributed by atoms with E-state index in [-0.39, 0.29) is 11.9 Å². The van der Waals surface area contributed by atoms with Crippen LogP contribution >= 0.6 is 11.3 Å². The fourth-order valence-corrected chi connectivity index (χ4v) is 3.87. The van der Waals surface area contributed by atoms with Gasteiger partial charge < -0.3 is 4.90 Å². The zero-order valence-corrected chi connectivity index (χ0v) is 12.7. The van der Waals surface area contributed by atoms with E-state index in [1.54, 1.807) is 35.6 Å². The van der Waals surface area contributed by atoms with Crippen molar-refractivity contribution in [2.24, 2.45) is 0 Å². The van der Waals surface area contributed by atoms with Gasteiger partial charge in [0, 0.05) is 27.4 Å². The van der Waals surface area contributed by atoms with Gasteiger partial charge in [0.1, 0.15) is 6.29 Å². The Morgan fingerprint density at radius 2 is 2.19 bits per heavy atom. The Kier molecular flexibility index (Phi) is 3.88. The maximum Gasteiger partial charge on any atom is 0.254 e. The van der Waals surface area contributed by atoms with Crippen LogP contribution in [0.3, 0.4) is 0 Å². The lowest BCUT2D eigenvalue weighted by molar-refractivity contribution is 0.0738. The van der Waals surface area contributed by atoms with Crippen LogP contribution in [0, 0.1) is 6.92 Å². The third kappa shape index (κ3) is 2.76. The molecule has 1 amide bonds. The Morgan fingerprint density at radius 3 is 2.90 bits per heavy atom. The molecule has 108 valence electrons. The van der Waals surface area contributed by atoms with Gasteiger partial charge in [-0.05, 0) is 44.0 Å². The summed E-state index contributed by atoms with van der Waals surface area (Å²) >= 11 is 1.76. The number of aldehydes is 1. The number of hydrogen-bond donors (Lipinski definition) is 0. The molecule has 3 rings (SSSR count). The van der Waals surface area contributed by atoms with Crippen LogP contribution in [0.2, 0.25) is 0 Å². The van der Waals surface area contributed by atoms with E-state index in [0.717, 1.165) is 25.7 Å². The lowest BCUT2D eigenvalue weighted by Crippen LogP contribution is -2.30. The molecule has 0 aliphatic carbocycles. The maximum absolute atomic E-state index is 12.7. The molecule has 1 atom stereocenters. The number of carbonyl (C=O) groups excluding carboxylic acids is 2. The average Bonchev–Trinajstić information content (AvgIpc) is 3.15. The molecule has 0 spiro atoms. The molecular formula is C17H17NO2S. The molecule has 1 aromatic carbocycles. The Bertz CT molecular complexity index is 677. The minimum absolute atomic E-state index is 0.0206. The number of aryl methyl sites for hydroxylation is 1. The number of thiophene rings is 1. The second kappa shape index (κ2) is 5.82. The summed E-state index contributed by atoms with van der Waals surface area (Å²) in [4.78, 5) is 28.1. The van der Waals surface area contributed by atoms with Crippen LogP contribution in [0.1, 0.15) is 49.4 Å². The molecule has 21 heavy (non-hydrogen) atoms. The summed E-state index contributed by atoms with van der Waals surface area (Å²) < 4.78 is 0. The van der Waals surface area contributed by atoms with Gasteiger partial charge >= 0.3 is 0 Å². The summed E-state index contributed by atoms with van der Waals surface area (Å²) in [7, 11) is 0. The molecule has 4 heteroatoms. The molecule has 0 saturated carbocycles. The molecule has 1 aromatic heterocycles. The van der Waals surface area contributed by atoms with Crippen LogP contribution in [0.15, 0.2) is 36.4 Å². The SMILES string of the molecule is Cc1ccc(C2CCCN2C(=O)c2cccc(C=O)c2)s1. The van der Waals surface area contributed by atoms with Crippen LogP contribution in [-0.2, 0) is 0 Å². The minimum atomic E-state index is 0.0206. The first kappa shape index (κ1) is 14.0. The standard InChI is InChI=1S/C17H17NO2S/c1-12-7-8-16(21-12)15-6-3-9-18(15)17(20)14-5-2-4-13(10-14)11-19/h2,4-5,7-8,10-11,15H,3,6,9H2,1H3. The molecule has 0 N–H and O–H groups in total. The van der Waals surface area contributed by atoms with Crippen LogP contribution in [0.25, 0.3) is 0 Å². The Balaban J connectivity index is 1.87. The van der Waals surface area contributed by atoms with Crippen molar-refractivity contribution in [2.75, 3.05) is 6.54 Å². The quantitative estimate of drug-likeness (QED) is 0.807. The number of nitrogens with zero attached hydrogens (tertiary/aromatic N) is 1. The summed E-state index contributed by atoms with van der Waals surface area (Å²) in [6.45, 7) is 2.87. The van der Waals surface area contributed by atoms with Gasteiger partial charge in [0.2, 0.25) is 0 Å². The van der Waals surface area contributed by atoms with E-state index in [4.69, 9.17) is 0 Å². The van der Waals surface area contributed by atoms with Crippen molar-refractivity contribution in [3.8, 4) is 0 Å². The van der Waals surface area contributed by atoms with Crippen molar-refractivity contribution >= 4 is 23.5 Å². The normalized spacial score (nSPS) is 18.0. The molecule has 1 fully saturated rings. The monoisotopic (exact) mass is 299 g/mol. The van der Waals surface area contributed by atoms with Crippen LogP contribution in [-0.4, -0.2) is 23.6 Å². The van der Waals surface area contributed by atoms with E-state index in [1.165, 1.54) is 9.75 Å². The predicted molar refractivity (Wildman–Crippen MR) is 83.9 cm³/mol. The highest BCUT2D eigenvalue weighted by Gasteiger charge is 2.31. The molecule has 0 bridgehead atoms. The van der Waals surface area contributed by atoms with Gasteiger partial charge in [-0.1, -0.05) is 12.1 Å². The number of rotatable bonds is 3. The fourth-order valence-electron chi connectivity index (χ4n) is 2.85.